The molecule has 60 heavy (non-hydrogen) atoms. The van der Waals surface area contributed by atoms with Crippen molar-refractivity contribution in [2.45, 2.75) is 38.5 Å². The number of anilines is 3. The summed E-state index contributed by atoms with van der Waals surface area (Å²) in [6.07, 6.45) is 0. The molecule has 1 heterocycles. The van der Waals surface area contributed by atoms with Crippen LogP contribution in [0.15, 0.2) is 194 Å². The SMILES string of the molecule is CC1(C)C2=C(c3ccccc31)C(C)(C)c1cc(-c3ccc(N(c4ccc5ccccc5c4)c4ccc5c(c4)c4c6ccccc6ccc4n5-c4ccccc4)cc3)ccc12. The summed E-state index contributed by atoms with van der Waals surface area (Å²) in [6.45, 7) is 9.62. The van der Waals surface area contributed by atoms with Crippen LogP contribution >= 0.6 is 0 Å². The summed E-state index contributed by atoms with van der Waals surface area (Å²) in [6, 6.07) is 72.0. The summed E-state index contributed by atoms with van der Waals surface area (Å²) in [5, 5.41) is 7.47. The maximum Gasteiger partial charge on any atom is 0.0547 e. The molecule has 0 spiro atoms. The van der Waals surface area contributed by atoms with Gasteiger partial charge < -0.3 is 9.47 Å². The van der Waals surface area contributed by atoms with E-state index in [2.05, 4.69) is 231 Å². The predicted octanol–water partition coefficient (Wildman–Crippen LogP) is 15.7. The van der Waals surface area contributed by atoms with Crippen LogP contribution in [0.5, 0.6) is 0 Å². The van der Waals surface area contributed by atoms with E-state index in [1.165, 1.54) is 87.9 Å². The molecule has 0 unspecified atom stereocenters. The number of aromatic nitrogens is 1. The van der Waals surface area contributed by atoms with Gasteiger partial charge in [-0.15, -0.1) is 0 Å². The lowest BCUT2D eigenvalue weighted by atomic mass is 9.75. The molecule has 2 nitrogen and oxygen atoms in total. The third kappa shape index (κ3) is 4.94. The van der Waals surface area contributed by atoms with Crippen molar-refractivity contribution in [2.24, 2.45) is 0 Å². The summed E-state index contributed by atoms with van der Waals surface area (Å²) in [4.78, 5) is 2.42. The van der Waals surface area contributed by atoms with Gasteiger partial charge in [-0.3, -0.25) is 0 Å². The van der Waals surface area contributed by atoms with Crippen LogP contribution in [0.25, 0.3) is 71.3 Å². The third-order valence-corrected chi connectivity index (χ3v) is 13.7. The van der Waals surface area contributed by atoms with E-state index in [1.807, 2.05) is 0 Å². The normalized spacial score (nSPS) is 14.9. The Kier molecular flexibility index (Phi) is 7.36. The van der Waals surface area contributed by atoms with E-state index in [0.717, 1.165) is 22.7 Å². The third-order valence-electron chi connectivity index (χ3n) is 13.7. The Balaban J connectivity index is 1.00. The quantitative estimate of drug-likeness (QED) is 0.169. The van der Waals surface area contributed by atoms with E-state index in [9.17, 15) is 0 Å². The molecule has 0 fully saturated rings. The minimum atomic E-state index is -0.0923. The molecular formula is C58H44N2. The van der Waals surface area contributed by atoms with Crippen LogP contribution in [0.1, 0.15) is 49.9 Å². The second-order valence-corrected chi connectivity index (χ2v) is 17.8. The molecule has 286 valence electrons. The van der Waals surface area contributed by atoms with Gasteiger partial charge in [-0.2, -0.15) is 0 Å². The van der Waals surface area contributed by atoms with Gasteiger partial charge in [0.05, 0.1) is 11.0 Å². The molecule has 0 saturated carbocycles. The zero-order chi connectivity index (χ0) is 40.3. The molecule has 9 aromatic carbocycles. The molecule has 1 aromatic heterocycles. The molecule has 2 aliphatic rings. The number of rotatable bonds is 5. The number of allylic oxidation sites excluding steroid dienone is 2. The summed E-state index contributed by atoms with van der Waals surface area (Å²) < 4.78 is 2.41. The van der Waals surface area contributed by atoms with Gasteiger partial charge in [-0.05, 0) is 133 Å². The number of hydrogen-bond acceptors (Lipinski definition) is 1. The first kappa shape index (κ1) is 34.8. The number of fused-ring (bicyclic) bond motifs is 10. The highest BCUT2D eigenvalue weighted by Crippen LogP contribution is 2.62. The average molecular weight is 769 g/mol. The largest absolute Gasteiger partial charge is 0.310 e. The van der Waals surface area contributed by atoms with Crippen molar-refractivity contribution in [1.29, 1.82) is 0 Å². The predicted molar refractivity (Wildman–Crippen MR) is 255 cm³/mol. The van der Waals surface area contributed by atoms with E-state index in [-0.39, 0.29) is 10.8 Å². The van der Waals surface area contributed by atoms with Crippen LogP contribution < -0.4 is 4.90 Å². The number of hydrogen-bond donors (Lipinski definition) is 0. The molecule has 0 N–H and O–H groups in total. The standard InChI is InChI=1S/C58H44N2/c1-57(2)50-21-13-12-20-47(50)55-56(57)48-31-25-41(35-51(48)58(55,3)4)38-22-27-43(28-23-38)59(44-29-24-37-14-8-9-16-40(37)34-44)45-30-33-52-49(36-45)54-46-19-11-10-15-39(46)26-32-53(54)60(52)42-17-6-5-7-18-42/h5-36H,1-4H3. The number of para-hydroxylation sites is 1. The van der Waals surface area contributed by atoms with Crippen LogP contribution in [0.4, 0.5) is 17.1 Å². The van der Waals surface area contributed by atoms with Crippen molar-refractivity contribution in [2.75, 3.05) is 4.90 Å². The van der Waals surface area contributed by atoms with Crippen LogP contribution in [0.3, 0.4) is 0 Å². The van der Waals surface area contributed by atoms with Crippen molar-refractivity contribution in [1.82, 2.24) is 4.57 Å². The van der Waals surface area contributed by atoms with Crippen LogP contribution in [-0.2, 0) is 10.8 Å². The summed E-state index contributed by atoms with van der Waals surface area (Å²) in [5.74, 6) is 0. The lowest BCUT2D eigenvalue weighted by molar-refractivity contribution is 0.694. The Hall–Kier alpha value is -7.16. The Morgan fingerprint density at radius 2 is 0.967 bits per heavy atom. The highest BCUT2D eigenvalue weighted by atomic mass is 15.1. The fourth-order valence-electron chi connectivity index (χ4n) is 10.9. The smallest absolute Gasteiger partial charge is 0.0547 e. The zero-order valence-corrected chi connectivity index (χ0v) is 34.4. The molecule has 0 radical (unpaired) electrons. The van der Waals surface area contributed by atoms with Crippen molar-refractivity contribution in [3.8, 4) is 16.8 Å². The van der Waals surface area contributed by atoms with Crippen LogP contribution in [-0.4, -0.2) is 4.57 Å². The van der Waals surface area contributed by atoms with Gasteiger partial charge in [-0.25, -0.2) is 0 Å². The number of nitrogens with zero attached hydrogens (tertiary/aromatic N) is 2. The number of benzene rings is 9. The fourth-order valence-corrected chi connectivity index (χ4v) is 10.9. The maximum absolute atomic E-state index is 2.46. The second kappa shape index (κ2) is 12.7. The van der Waals surface area contributed by atoms with E-state index in [1.54, 1.807) is 0 Å². The van der Waals surface area contributed by atoms with Gasteiger partial charge in [0, 0.05) is 44.4 Å². The lowest BCUT2D eigenvalue weighted by Gasteiger charge is -2.28. The Morgan fingerprint density at radius 1 is 0.383 bits per heavy atom. The van der Waals surface area contributed by atoms with Crippen molar-refractivity contribution in [3.05, 3.63) is 216 Å². The van der Waals surface area contributed by atoms with Gasteiger partial charge in [-0.1, -0.05) is 155 Å². The van der Waals surface area contributed by atoms with E-state index < -0.39 is 0 Å². The first-order valence-electron chi connectivity index (χ1n) is 21.2. The van der Waals surface area contributed by atoms with Crippen molar-refractivity contribution >= 4 is 71.6 Å². The first-order chi connectivity index (χ1) is 29.3. The summed E-state index contributed by atoms with van der Waals surface area (Å²) in [7, 11) is 0. The molecule has 2 heteroatoms. The molecule has 10 aromatic rings. The topological polar surface area (TPSA) is 8.17 Å². The van der Waals surface area contributed by atoms with E-state index >= 15 is 0 Å². The molecule has 0 bridgehead atoms. The Morgan fingerprint density at radius 3 is 1.78 bits per heavy atom. The van der Waals surface area contributed by atoms with Crippen LogP contribution in [0, 0.1) is 0 Å². The van der Waals surface area contributed by atoms with Gasteiger partial charge in [0.15, 0.2) is 0 Å². The molecular weight excluding hydrogens is 725 g/mol. The van der Waals surface area contributed by atoms with Gasteiger partial charge in [0.25, 0.3) is 0 Å². The van der Waals surface area contributed by atoms with E-state index in [4.69, 9.17) is 0 Å². The lowest BCUT2D eigenvalue weighted by Crippen LogP contribution is -2.19. The summed E-state index contributed by atoms with van der Waals surface area (Å²) >= 11 is 0. The minimum Gasteiger partial charge on any atom is -0.310 e. The van der Waals surface area contributed by atoms with E-state index in [0.29, 0.717) is 0 Å². The monoisotopic (exact) mass is 768 g/mol. The molecule has 0 saturated heterocycles. The van der Waals surface area contributed by atoms with Crippen molar-refractivity contribution < 1.29 is 0 Å². The molecule has 0 atom stereocenters. The Labute approximate surface area is 351 Å². The van der Waals surface area contributed by atoms with Crippen LogP contribution in [0.2, 0.25) is 0 Å². The van der Waals surface area contributed by atoms with Crippen molar-refractivity contribution in [3.63, 3.8) is 0 Å². The average Bonchev–Trinajstić information content (AvgIpc) is 3.85. The molecule has 12 rings (SSSR count). The maximum atomic E-state index is 2.46. The van der Waals surface area contributed by atoms with Gasteiger partial charge in [0.1, 0.15) is 0 Å². The fraction of sp³-hybridized carbons (Fsp3) is 0.103. The highest BCUT2D eigenvalue weighted by molar-refractivity contribution is 6.22. The van der Waals surface area contributed by atoms with Gasteiger partial charge in [0.2, 0.25) is 0 Å². The molecule has 0 amide bonds. The highest BCUT2D eigenvalue weighted by Gasteiger charge is 2.49. The molecule has 0 aliphatic heterocycles. The summed E-state index contributed by atoms with van der Waals surface area (Å²) in [5.41, 5.74) is 17.9. The molecule has 2 aliphatic carbocycles. The first-order valence-corrected chi connectivity index (χ1v) is 21.2. The second-order valence-electron chi connectivity index (χ2n) is 17.8. The Bertz CT molecular complexity index is 3410. The van der Waals surface area contributed by atoms with Gasteiger partial charge >= 0.3 is 0 Å². The zero-order valence-electron chi connectivity index (χ0n) is 34.4. The minimum absolute atomic E-state index is 0.0313.